The van der Waals surface area contributed by atoms with Crippen LogP contribution in [0.1, 0.15) is 29.6 Å². The smallest absolute Gasteiger partial charge is 0.253 e. The third-order valence-electron chi connectivity index (χ3n) is 3.57. The van der Waals surface area contributed by atoms with Crippen LogP contribution >= 0.6 is 11.8 Å². The van der Waals surface area contributed by atoms with E-state index in [0.717, 1.165) is 61.7 Å². The molecule has 0 bridgehead atoms. The SMILES string of the molecule is O=C(c1cccc(NCCCCCO)c1)N1CCSCC1. The molecule has 2 rings (SSSR count). The molecule has 0 spiro atoms. The third kappa shape index (κ3) is 5.25. The number of benzene rings is 1. The second kappa shape index (κ2) is 8.95. The fraction of sp³-hybridized carbons (Fsp3) is 0.562. The van der Waals surface area contributed by atoms with Crippen molar-refractivity contribution in [2.24, 2.45) is 0 Å². The van der Waals surface area contributed by atoms with Gasteiger partial charge in [0.15, 0.2) is 0 Å². The second-order valence-electron chi connectivity index (χ2n) is 5.20. The van der Waals surface area contributed by atoms with Crippen LogP contribution in [-0.2, 0) is 0 Å². The maximum absolute atomic E-state index is 12.4. The molecule has 1 amide bonds. The zero-order chi connectivity index (χ0) is 14.9. The van der Waals surface area contributed by atoms with Crippen LogP contribution in [-0.4, -0.2) is 53.7 Å². The highest BCUT2D eigenvalue weighted by atomic mass is 32.2. The van der Waals surface area contributed by atoms with Crippen LogP contribution in [0.25, 0.3) is 0 Å². The number of nitrogens with zero attached hydrogens (tertiary/aromatic N) is 1. The topological polar surface area (TPSA) is 52.6 Å². The highest BCUT2D eigenvalue weighted by Crippen LogP contribution is 2.16. The number of carbonyl (C=O) groups excluding carboxylic acids is 1. The number of thioether (sulfide) groups is 1. The van der Waals surface area contributed by atoms with Crippen molar-refractivity contribution >= 4 is 23.4 Å². The van der Waals surface area contributed by atoms with Crippen molar-refractivity contribution < 1.29 is 9.90 Å². The van der Waals surface area contributed by atoms with Crippen molar-refractivity contribution in [3.05, 3.63) is 29.8 Å². The van der Waals surface area contributed by atoms with Crippen molar-refractivity contribution in [1.29, 1.82) is 0 Å². The Kier molecular flexibility index (Phi) is 6.89. The lowest BCUT2D eigenvalue weighted by Crippen LogP contribution is -2.37. The van der Waals surface area contributed by atoms with E-state index in [1.807, 2.05) is 40.9 Å². The Morgan fingerprint density at radius 1 is 1.24 bits per heavy atom. The normalized spacial score (nSPS) is 15.0. The zero-order valence-electron chi connectivity index (χ0n) is 12.4. The largest absolute Gasteiger partial charge is 0.396 e. The molecule has 116 valence electrons. The molecule has 1 aliphatic rings. The summed E-state index contributed by atoms with van der Waals surface area (Å²) in [4.78, 5) is 14.4. The van der Waals surface area contributed by atoms with E-state index in [9.17, 15) is 4.79 Å². The van der Waals surface area contributed by atoms with Gasteiger partial charge >= 0.3 is 0 Å². The van der Waals surface area contributed by atoms with Gasteiger partial charge in [0.25, 0.3) is 5.91 Å². The van der Waals surface area contributed by atoms with E-state index >= 15 is 0 Å². The minimum Gasteiger partial charge on any atom is -0.396 e. The summed E-state index contributed by atoms with van der Waals surface area (Å²) in [6.45, 7) is 2.83. The van der Waals surface area contributed by atoms with Crippen molar-refractivity contribution in [1.82, 2.24) is 4.90 Å². The van der Waals surface area contributed by atoms with Crippen molar-refractivity contribution in [3.8, 4) is 0 Å². The van der Waals surface area contributed by atoms with Gasteiger partial charge in [-0.15, -0.1) is 0 Å². The molecular weight excluding hydrogens is 284 g/mol. The summed E-state index contributed by atoms with van der Waals surface area (Å²) < 4.78 is 0. The van der Waals surface area contributed by atoms with E-state index in [2.05, 4.69) is 5.32 Å². The molecule has 21 heavy (non-hydrogen) atoms. The number of anilines is 1. The van der Waals surface area contributed by atoms with Gasteiger partial charge in [0.05, 0.1) is 0 Å². The first-order valence-electron chi connectivity index (χ1n) is 7.63. The Bertz CT molecular complexity index is 448. The number of nitrogens with one attached hydrogen (secondary N) is 1. The van der Waals surface area contributed by atoms with E-state index in [4.69, 9.17) is 5.11 Å². The molecule has 0 radical (unpaired) electrons. The Morgan fingerprint density at radius 2 is 2.05 bits per heavy atom. The van der Waals surface area contributed by atoms with Gasteiger partial charge in [-0.3, -0.25) is 4.79 Å². The van der Waals surface area contributed by atoms with E-state index in [-0.39, 0.29) is 12.5 Å². The van der Waals surface area contributed by atoms with Gasteiger partial charge in [-0.1, -0.05) is 6.07 Å². The molecule has 0 aliphatic carbocycles. The van der Waals surface area contributed by atoms with Crippen LogP contribution in [0.3, 0.4) is 0 Å². The Balaban J connectivity index is 1.86. The zero-order valence-corrected chi connectivity index (χ0v) is 13.2. The highest BCUT2D eigenvalue weighted by Gasteiger charge is 2.18. The van der Waals surface area contributed by atoms with Crippen molar-refractivity contribution in [2.75, 3.05) is 43.1 Å². The number of hydrogen-bond donors (Lipinski definition) is 2. The number of hydrogen-bond acceptors (Lipinski definition) is 4. The lowest BCUT2D eigenvalue weighted by atomic mass is 10.1. The molecule has 1 aliphatic heterocycles. The first-order valence-corrected chi connectivity index (χ1v) is 8.78. The van der Waals surface area contributed by atoms with Gasteiger partial charge in [0.2, 0.25) is 0 Å². The number of amides is 1. The quantitative estimate of drug-likeness (QED) is 0.760. The number of aliphatic hydroxyl groups is 1. The molecule has 4 nitrogen and oxygen atoms in total. The molecular formula is C16H24N2O2S. The number of unbranched alkanes of at least 4 members (excludes halogenated alkanes) is 2. The molecule has 0 atom stereocenters. The standard InChI is InChI=1S/C16H24N2O2S/c19-10-3-1-2-7-17-15-6-4-5-14(13-15)16(20)18-8-11-21-12-9-18/h4-6,13,17,19H,1-3,7-12H2. The predicted octanol–water partition coefficient (Wildman–Crippen LogP) is 2.45. The van der Waals surface area contributed by atoms with Crippen molar-refractivity contribution in [3.63, 3.8) is 0 Å². The van der Waals surface area contributed by atoms with Gasteiger partial charge in [-0.2, -0.15) is 11.8 Å². The minimum absolute atomic E-state index is 0.138. The average Bonchev–Trinajstić information content (AvgIpc) is 2.55. The first-order chi connectivity index (χ1) is 10.3. The molecule has 0 unspecified atom stereocenters. The van der Waals surface area contributed by atoms with Gasteiger partial charge in [-0.25, -0.2) is 0 Å². The molecule has 1 saturated heterocycles. The second-order valence-corrected chi connectivity index (χ2v) is 6.42. The molecule has 1 heterocycles. The molecule has 1 aromatic rings. The highest BCUT2D eigenvalue weighted by molar-refractivity contribution is 7.99. The Morgan fingerprint density at radius 3 is 2.81 bits per heavy atom. The molecule has 0 aromatic heterocycles. The lowest BCUT2D eigenvalue weighted by Gasteiger charge is -2.26. The van der Waals surface area contributed by atoms with Crippen molar-refractivity contribution in [2.45, 2.75) is 19.3 Å². The summed E-state index contributed by atoms with van der Waals surface area (Å²) >= 11 is 1.91. The molecule has 1 aromatic carbocycles. The maximum atomic E-state index is 12.4. The van der Waals surface area contributed by atoms with Crippen LogP contribution < -0.4 is 5.32 Å². The van der Waals surface area contributed by atoms with Crippen LogP contribution in [0.15, 0.2) is 24.3 Å². The predicted molar refractivity (Wildman–Crippen MR) is 89.1 cm³/mol. The molecule has 1 fully saturated rings. The van der Waals surface area contributed by atoms with Crippen LogP contribution in [0.2, 0.25) is 0 Å². The fourth-order valence-electron chi connectivity index (χ4n) is 2.36. The summed E-state index contributed by atoms with van der Waals surface area (Å²) in [7, 11) is 0. The van der Waals surface area contributed by atoms with Crippen LogP contribution in [0, 0.1) is 0 Å². The monoisotopic (exact) mass is 308 g/mol. The van der Waals surface area contributed by atoms with E-state index in [1.165, 1.54) is 0 Å². The van der Waals surface area contributed by atoms with E-state index in [0.29, 0.717) is 0 Å². The molecule has 5 heteroatoms. The number of rotatable bonds is 7. The number of aliphatic hydroxyl groups excluding tert-OH is 1. The van der Waals surface area contributed by atoms with Crippen LogP contribution in [0.5, 0.6) is 0 Å². The van der Waals surface area contributed by atoms with Crippen LogP contribution in [0.4, 0.5) is 5.69 Å². The van der Waals surface area contributed by atoms with E-state index in [1.54, 1.807) is 0 Å². The van der Waals surface area contributed by atoms with Gasteiger partial charge < -0.3 is 15.3 Å². The first kappa shape index (κ1) is 16.2. The van der Waals surface area contributed by atoms with Gasteiger partial charge in [-0.05, 0) is 37.5 Å². The summed E-state index contributed by atoms with van der Waals surface area (Å²) in [5, 5.41) is 12.1. The Labute approximate surface area is 130 Å². The molecule has 2 N–H and O–H groups in total. The fourth-order valence-corrected chi connectivity index (χ4v) is 3.26. The third-order valence-corrected chi connectivity index (χ3v) is 4.51. The lowest BCUT2D eigenvalue weighted by molar-refractivity contribution is 0.0772. The van der Waals surface area contributed by atoms with E-state index < -0.39 is 0 Å². The summed E-state index contributed by atoms with van der Waals surface area (Å²) in [6, 6.07) is 7.76. The summed E-state index contributed by atoms with van der Waals surface area (Å²) in [5.74, 6) is 2.21. The van der Waals surface area contributed by atoms with Gasteiger partial charge in [0, 0.05) is 49.0 Å². The average molecular weight is 308 g/mol. The maximum Gasteiger partial charge on any atom is 0.253 e. The summed E-state index contributed by atoms with van der Waals surface area (Å²) in [5.41, 5.74) is 1.76. The Hall–Kier alpha value is -1.20. The molecule has 0 saturated carbocycles. The van der Waals surface area contributed by atoms with Gasteiger partial charge in [0.1, 0.15) is 0 Å². The summed E-state index contributed by atoms with van der Waals surface area (Å²) in [6.07, 6.45) is 2.91. The minimum atomic E-state index is 0.138. The number of carbonyl (C=O) groups is 1.